The van der Waals surface area contributed by atoms with Crippen LogP contribution in [-0.4, -0.2) is 68.5 Å². The first-order valence-corrected chi connectivity index (χ1v) is 13.9. The average molecular weight is 619 g/mol. The van der Waals surface area contributed by atoms with Gasteiger partial charge in [0.25, 0.3) is 0 Å². The third-order valence-corrected chi connectivity index (χ3v) is 7.23. The summed E-state index contributed by atoms with van der Waals surface area (Å²) in [7, 11) is 0. The molecule has 236 valence electrons. The number of nitrogens with two attached hydrogens (primary N) is 2. The molecule has 0 unspecified atom stereocenters. The Kier molecular flexibility index (Phi) is 10.4. The summed E-state index contributed by atoms with van der Waals surface area (Å²) in [6, 6.07) is 18.8. The van der Waals surface area contributed by atoms with Gasteiger partial charge in [-0.05, 0) is 42.3 Å². The molecule has 0 aliphatic carbocycles. The molecule has 1 fully saturated rings. The second-order valence-electron chi connectivity index (χ2n) is 10.4. The van der Waals surface area contributed by atoms with Crippen LogP contribution in [0.5, 0.6) is 0 Å². The number of benzene rings is 3. The number of carboxylic acids is 2. The first kappa shape index (κ1) is 32.9. The first-order valence-electron chi connectivity index (χ1n) is 13.9. The Morgan fingerprint density at radius 2 is 1.58 bits per heavy atom. The maximum absolute atomic E-state index is 14.0. The van der Waals surface area contributed by atoms with E-state index >= 15 is 0 Å². The number of hydrogen-bond acceptors (Lipinski definition) is 11. The Morgan fingerprint density at radius 3 is 2.13 bits per heavy atom. The molecule has 3 aromatic rings. The van der Waals surface area contributed by atoms with Crippen LogP contribution >= 0.6 is 0 Å². The molecule has 0 radical (unpaired) electrons. The van der Waals surface area contributed by atoms with E-state index in [4.69, 9.17) is 21.4 Å². The van der Waals surface area contributed by atoms with Gasteiger partial charge in [-0.15, -0.1) is 5.06 Å². The molecule has 0 aromatic heterocycles. The number of Topliss-reactive ketones (excluding diaryl/α,β-unsaturated/α-hetero) is 1. The van der Waals surface area contributed by atoms with Crippen molar-refractivity contribution in [2.24, 2.45) is 16.7 Å². The lowest BCUT2D eigenvalue weighted by Crippen LogP contribution is -2.58. The van der Waals surface area contributed by atoms with E-state index in [9.17, 15) is 29.4 Å². The number of anilines is 1. The molecule has 6 N–H and O–H groups in total. The Labute approximate surface area is 258 Å². The van der Waals surface area contributed by atoms with Crippen LogP contribution in [0.15, 0.2) is 90.0 Å². The van der Waals surface area contributed by atoms with Crippen molar-refractivity contribution in [2.45, 2.75) is 50.7 Å². The minimum absolute atomic E-state index is 0.0381. The molecule has 1 aliphatic rings. The topological polar surface area (TPSA) is 201 Å². The first-order chi connectivity index (χ1) is 21.5. The minimum Gasteiger partial charge on any atom is -0.481 e. The molecule has 1 saturated heterocycles. The van der Waals surface area contributed by atoms with E-state index in [1.165, 1.54) is 42.5 Å². The maximum Gasteiger partial charge on any atom is 0.334 e. The summed E-state index contributed by atoms with van der Waals surface area (Å²) in [5, 5.41) is 25.4. The highest BCUT2D eigenvalue weighted by molar-refractivity contribution is 6.15. The van der Waals surface area contributed by atoms with Gasteiger partial charge in [-0.2, -0.15) is 10.0 Å². The molecule has 1 heterocycles. The molecule has 1 aliphatic heterocycles. The van der Waals surface area contributed by atoms with Crippen LogP contribution in [0, 0.1) is 0 Å². The fraction of sp³-hybridized carbons (Fsp3) is 0.258. The number of ketones is 1. The summed E-state index contributed by atoms with van der Waals surface area (Å²) < 4.78 is 0. The van der Waals surface area contributed by atoms with Crippen molar-refractivity contribution >= 4 is 35.5 Å². The van der Waals surface area contributed by atoms with Crippen LogP contribution in [-0.2, 0) is 41.2 Å². The molecule has 0 spiro atoms. The third-order valence-electron chi connectivity index (χ3n) is 7.23. The van der Waals surface area contributed by atoms with Crippen molar-refractivity contribution in [2.75, 3.05) is 4.90 Å². The zero-order valence-electron chi connectivity index (χ0n) is 24.6. The normalized spacial score (nSPS) is 19.2. The van der Waals surface area contributed by atoms with Crippen molar-refractivity contribution in [3.8, 4) is 0 Å². The molecule has 1 amide bonds. The summed E-state index contributed by atoms with van der Waals surface area (Å²) in [5.74, 6) is 0.203. The number of para-hydroxylation sites is 1. The number of aliphatic carboxylic acids is 2. The zero-order valence-corrected chi connectivity index (χ0v) is 24.6. The van der Waals surface area contributed by atoms with E-state index in [0.29, 0.717) is 10.5 Å². The van der Waals surface area contributed by atoms with E-state index in [1.54, 1.807) is 37.3 Å². The van der Waals surface area contributed by atoms with Crippen LogP contribution in [0.2, 0.25) is 0 Å². The van der Waals surface area contributed by atoms with Gasteiger partial charge in [0.05, 0.1) is 25.2 Å². The van der Waals surface area contributed by atoms with Crippen LogP contribution in [0.4, 0.5) is 5.69 Å². The quantitative estimate of drug-likeness (QED) is 0.0941. The van der Waals surface area contributed by atoms with Gasteiger partial charge >= 0.3 is 11.9 Å². The standard InChI is InChI=1S/C31H34N6O8/c1-20(28(40)27(30(42)43)36(24-11-7-4-8-12-24)29(41)25(32)17-26(38)39)37-44-31(2,23-15-13-21(14-16-23)18-34-33)35(45-37)19-22-9-5-3-6-10-22/h3-16,18,20,25,27H,17,19,32-33H2,1-2H3,(H,38,39)(H,42,43)/t20-,25+,27+,31-/m1/s1. The lowest BCUT2D eigenvalue weighted by atomic mass is 10.0. The van der Waals surface area contributed by atoms with E-state index in [-0.39, 0.29) is 12.2 Å². The number of carbonyl (C=O) groups is 4. The highest BCUT2D eigenvalue weighted by atomic mass is 17.1. The number of hydroxylamine groups is 4. The number of rotatable bonds is 13. The molecule has 4 atom stereocenters. The van der Waals surface area contributed by atoms with Gasteiger partial charge in [-0.1, -0.05) is 72.8 Å². The number of carboxylic acid groups (broad SMARTS) is 2. The fourth-order valence-corrected chi connectivity index (χ4v) is 4.79. The van der Waals surface area contributed by atoms with Crippen LogP contribution in [0.1, 0.15) is 37.0 Å². The molecule has 3 aromatic carbocycles. The number of hydrazone groups is 1. The molecule has 4 rings (SSSR count). The Morgan fingerprint density at radius 1 is 0.978 bits per heavy atom. The number of hydrogen-bond donors (Lipinski definition) is 4. The van der Waals surface area contributed by atoms with Crippen molar-refractivity contribution in [3.63, 3.8) is 0 Å². The SMILES string of the molecule is C[C@H](C(=O)[C@@H](C(=O)O)N(C(=O)[C@@H](N)CC(=O)O)c1ccccc1)N1ON(Cc2ccccc2)[C@@](C)(c2ccc(C=NN)cc2)O1. The smallest absolute Gasteiger partial charge is 0.334 e. The van der Waals surface area contributed by atoms with Gasteiger partial charge in [0, 0.05) is 11.3 Å². The maximum atomic E-state index is 14.0. The highest BCUT2D eigenvalue weighted by Gasteiger charge is 2.51. The Bertz CT molecular complexity index is 1540. The number of nitrogens with zero attached hydrogens (tertiary/aromatic N) is 4. The molecule has 0 saturated carbocycles. The van der Waals surface area contributed by atoms with E-state index in [0.717, 1.165) is 16.4 Å². The van der Waals surface area contributed by atoms with Gasteiger partial charge < -0.3 is 21.8 Å². The van der Waals surface area contributed by atoms with Crippen molar-refractivity contribution in [1.29, 1.82) is 0 Å². The summed E-state index contributed by atoms with van der Waals surface area (Å²) >= 11 is 0. The van der Waals surface area contributed by atoms with Gasteiger partial charge in [-0.3, -0.25) is 19.3 Å². The summed E-state index contributed by atoms with van der Waals surface area (Å²) in [6.07, 6.45) is 0.695. The zero-order chi connectivity index (χ0) is 32.7. The highest BCUT2D eigenvalue weighted by Crippen LogP contribution is 2.39. The average Bonchev–Trinajstić information content (AvgIpc) is 3.36. The predicted molar refractivity (Wildman–Crippen MR) is 162 cm³/mol. The summed E-state index contributed by atoms with van der Waals surface area (Å²) in [4.78, 5) is 64.3. The Balaban J connectivity index is 1.69. The molecular weight excluding hydrogens is 584 g/mol. The van der Waals surface area contributed by atoms with Crippen molar-refractivity contribution in [1.82, 2.24) is 10.3 Å². The van der Waals surface area contributed by atoms with Gasteiger partial charge in [0.2, 0.25) is 5.91 Å². The summed E-state index contributed by atoms with van der Waals surface area (Å²) in [6.45, 7) is 3.30. The largest absolute Gasteiger partial charge is 0.481 e. The predicted octanol–water partition coefficient (Wildman–Crippen LogP) is 1.99. The van der Waals surface area contributed by atoms with Crippen molar-refractivity contribution < 1.29 is 39.2 Å². The van der Waals surface area contributed by atoms with Gasteiger partial charge in [0.15, 0.2) is 17.6 Å². The summed E-state index contributed by atoms with van der Waals surface area (Å²) in [5.41, 5.74) is 6.81. The molecule has 0 bridgehead atoms. The molecular formula is C31H34N6O8. The Hall–Kier alpha value is -4.99. The lowest BCUT2D eigenvalue weighted by molar-refractivity contribution is -0.367. The minimum atomic E-state index is -2.11. The van der Waals surface area contributed by atoms with E-state index < -0.39 is 53.9 Å². The molecule has 14 nitrogen and oxygen atoms in total. The monoisotopic (exact) mass is 618 g/mol. The second-order valence-corrected chi connectivity index (χ2v) is 10.4. The van der Waals surface area contributed by atoms with E-state index in [1.807, 2.05) is 30.3 Å². The molecule has 45 heavy (non-hydrogen) atoms. The lowest BCUT2D eigenvalue weighted by Gasteiger charge is -2.32. The molecule has 14 heteroatoms. The third kappa shape index (κ3) is 7.39. The number of amides is 1. The number of carbonyl (C=O) groups excluding carboxylic acids is 2. The van der Waals surface area contributed by atoms with Crippen LogP contribution < -0.4 is 16.5 Å². The van der Waals surface area contributed by atoms with Gasteiger partial charge in [0.1, 0.15) is 6.04 Å². The van der Waals surface area contributed by atoms with Crippen LogP contribution in [0.3, 0.4) is 0 Å². The fourth-order valence-electron chi connectivity index (χ4n) is 4.79. The second kappa shape index (κ2) is 14.2. The van der Waals surface area contributed by atoms with Crippen molar-refractivity contribution in [3.05, 3.63) is 102 Å². The van der Waals surface area contributed by atoms with E-state index in [2.05, 4.69) is 5.10 Å². The van der Waals surface area contributed by atoms with Crippen LogP contribution in [0.25, 0.3) is 0 Å². The van der Waals surface area contributed by atoms with Gasteiger partial charge in [-0.25, -0.2) is 9.63 Å².